The molecule has 1 saturated heterocycles. The predicted octanol–water partition coefficient (Wildman–Crippen LogP) is 1.40. The number of aliphatic hydroxyl groups is 3. The van der Waals surface area contributed by atoms with Gasteiger partial charge in [-0.3, -0.25) is 4.79 Å². The highest BCUT2D eigenvalue weighted by molar-refractivity contribution is 5.88. The predicted molar refractivity (Wildman–Crippen MR) is 122 cm³/mol. The number of methoxy groups -OCH3 is 3. The number of hydrogen-bond donors (Lipinski definition) is 4. The van der Waals surface area contributed by atoms with Crippen LogP contribution in [0.3, 0.4) is 0 Å². The zero-order valence-corrected chi connectivity index (χ0v) is 19.4. The van der Waals surface area contributed by atoms with Gasteiger partial charge in [-0.1, -0.05) is 0 Å². The van der Waals surface area contributed by atoms with Gasteiger partial charge in [-0.25, -0.2) is 0 Å². The molecule has 11 heteroatoms. The third-order valence-electron chi connectivity index (χ3n) is 5.83. The monoisotopic (exact) mass is 490 g/mol. The lowest BCUT2D eigenvalue weighted by molar-refractivity contribution is -0.268. The van der Waals surface area contributed by atoms with E-state index in [1.165, 1.54) is 40.4 Å². The van der Waals surface area contributed by atoms with E-state index in [-0.39, 0.29) is 22.5 Å². The van der Waals surface area contributed by atoms with Gasteiger partial charge in [-0.2, -0.15) is 0 Å². The molecule has 0 radical (unpaired) electrons. The van der Waals surface area contributed by atoms with Crippen molar-refractivity contribution in [1.82, 2.24) is 0 Å². The molecule has 1 fully saturated rings. The Balaban J connectivity index is 1.93. The Morgan fingerprint density at radius 2 is 1.60 bits per heavy atom. The van der Waals surface area contributed by atoms with Crippen molar-refractivity contribution in [2.24, 2.45) is 0 Å². The number of phenolic OH excluding ortho intramolecular Hbond substituents is 1. The Hall–Kier alpha value is -3.51. The molecule has 2 aromatic carbocycles. The maximum Gasteiger partial charge on any atom is 0.239 e. The topological polar surface area (TPSA) is 157 Å². The normalized spacial score (nSPS) is 24.3. The number of rotatable bonds is 6. The Labute approximate surface area is 199 Å². The second-order valence-electron chi connectivity index (χ2n) is 7.98. The molecule has 4 rings (SSSR count). The Kier molecular flexibility index (Phi) is 6.77. The van der Waals surface area contributed by atoms with Crippen LogP contribution in [-0.4, -0.2) is 72.5 Å². The van der Waals surface area contributed by atoms with Crippen molar-refractivity contribution in [3.63, 3.8) is 0 Å². The summed E-state index contributed by atoms with van der Waals surface area (Å²) in [5, 5.41) is 40.9. The van der Waals surface area contributed by atoms with Gasteiger partial charge in [-0.15, -0.1) is 0 Å². The van der Waals surface area contributed by atoms with Gasteiger partial charge in [0.05, 0.1) is 27.4 Å². The van der Waals surface area contributed by atoms with Gasteiger partial charge in [0.1, 0.15) is 40.8 Å². The van der Waals surface area contributed by atoms with Crippen LogP contribution in [0.4, 0.5) is 0 Å². The standard InChI is InChI=1S/C24H26O11/c1-10-18(26)20(28)21(29)24(33-10)35-23-19(27)17-13(25)8-12(30-2)9-16(17)34-22(23)11-5-6-14(31-3)15(7-11)32-4/h5-10,18,20-21,24-26,28-29H,1-4H3/t10-,18-,20+,21+,24?/m1/s1. The smallest absolute Gasteiger partial charge is 0.239 e. The zero-order valence-electron chi connectivity index (χ0n) is 19.4. The van der Waals surface area contributed by atoms with Gasteiger partial charge in [0.15, 0.2) is 17.3 Å². The first-order valence-electron chi connectivity index (χ1n) is 10.7. The molecular formula is C24H26O11. The second-order valence-corrected chi connectivity index (χ2v) is 7.98. The molecule has 1 aromatic heterocycles. The molecule has 0 aliphatic carbocycles. The fourth-order valence-electron chi connectivity index (χ4n) is 3.88. The summed E-state index contributed by atoms with van der Waals surface area (Å²) in [5.74, 6) is 0.143. The third kappa shape index (κ3) is 4.34. The highest BCUT2D eigenvalue weighted by atomic mass is 16.7. The number of fused-ring (bicyclic) bond motifs is 1. The summed E-state index contributed by atoms with van der Waals surface area (Å²) in [6.45, 7) is 1.48. The lowest BCUT2D eigenvalue weighted by atomic mass is 10.00. The highest BCUT2D eigenvalue weighted by Gasteiger charge is 2.44. The van der Waals surface area contributed by atoms with E-state index in [1.54, 1.807) is 18.2 Å². The Bertz CT molecular complexity index is 1280. The van der Waals surface area contributed by atoms with E-state index in [2.05, 4.69) is 0 Å². The molecule has 0 saturated carbocycles. The molecule has 1 unspecified atom stereocenters. The Morgan fingerprint density at radius 3 is 2.26 bits per heavy atom. The van der Waals surface area contributed by atoms with E-state index in [0.29, 0.717) is 17.1 Å². The number of phenols is 1. The first-order chi connectivity index (χ1) is 16.7. The van der Waals surface area contributed by atoms with Crippen molar-refractivity contribution in [3.05, 3.63) is 40.6 Å². The molecule has 35 heavy (non-hydrogen) atoms. The molecule has 1 aliphatic heterocycles. The van der Waals surface area contributed by atoms with Crippen LogP contribution < -0.4 is 24.4 Å². The molecule has 188 valence electrons. The van der Waals surface area contributed by atoms with Gasteiger partial charge in [0.2, 0.25) is 17.5 Å². The van der Waals surface area contributed by atoms with Crippen molar-refractivity contribution >= 4 is 11.0 Å². The molecule has 0 bridgehead atoms. The molecular weight excluding hydrogens is 464 g/mol. The van der Waals surface area contributed by atoms with Crippen LogP contribution in [0.1, 0.15) is 6.92 Å². The third-order valence-corrected chi connectivity index (χ3v) is 5.83. The minimum absolute atomic E-state index is 0.0120. The van der Waals surface area contributed by atoms with E-state index in [0.717, 1.165) is 0 Å². The van der Waals surface area contributed by atoms with Crippen LogP contribution in [-0.2, 0) is 4.74 Å². The number of hydrogen-bond acceptors (Lipinski definition) is 11. The SMILES string of the molecule is COc1cc(O)c2c(=O)c(OC3O[C@H](C)[C@@H](O)[C@H](O)[C@@H]3O)c(-c3ccc(OC)c(OC)c3)oc2c1. The first kappa shape index (κ1) is 24.6. The van der Waals surface area contributed by atoms with Crippen molar-refractivity contribution in [2.75, 3.05) is 21.3 Å². The van der Waals surface area contributed by atoms with Gasteiger partial charge >= 0.3 is 0 Å². The maximum atomic E-state index is 13.5. The van der Waals surface area contributed by atoms with Crippen LogP contribution in [0.25, 0.3) is 22.3 Å². The molecule has 2 heterocycles. The highest BCUT2D eigenvalue weighted by Crippen LogP contribution is 2.40. The fraction of sp³-hybridized carbons (Fsp3) is 0.375. The van der Waals surface area contributed by atoms with Crippen LogP contribution in [0.2, 0.25) is 0 Å². The molecule has 1 aliphatic rings. The average molecular weight is 490 g/mol. The number of benzene rings is 2. The van der Waals surface area contributed by atoms with Crippen LogP contribution >= 0.6 is 0 Å². The molecule has 5 atom stereocenters. The summed E-state index contributed by atoms with van der Waals surface area (Å²) >= 11 is 0. The zero-order chi connectivity index (χ0) is 25.4. The maximum absolute atomic E-state index is 13.5. The van der Waals surface area contributed by atoms with Gasteiger partial charge in [0.25, 0.3) is 0 Å². The molecule has 3 aromatic rings. The quantitative estimate of drug-likeness (QED) is 0.396. The minimum atomic E-state index is -1.68. The first-order valence-corrected chi connectivity index (χ1v) is 10.7. The average Bonchev–Trinajstić information content (AvgIpc) is 2.86. The lowest BCUT2D eigenvalue weighted by Crippen LogP contribution is -2.58. The van der Waals surface area contributed by atoms with E-state index < -0.39 is 47.6 Å². The minimum Gasteiger partial charge on any atom is -0.507 e. The molecule has 0 spiro atoms. The van der Waals surface area contributed by atoms with Crippen molar-refractivity contribution in [1.29, 1.82) is 0 Å². The summed E-state index contributed by atoms with van der Waals surface area (Å²) in [7, 11) is 4.31. The number of aromatic hydroxyl groups is 1. The van der Waals surface area contributed by atoms with E-state index in [1.807, 2.05) is 0 Å². The fourth-order valence-corrected chi connectivity index (χ4v) is 3.88. The number of ether oxygens (including phenoxy) is 5. The van der Waals surface area contributed by atoms with Crippen LogP contribution in [0.15, 0.2) is 39.5 Å². The van der Waals surface area contributed by atoms with E-state index in [4.69, 9.17) is 28.1 Å². The van der Waals surface area contributed by atoms with Crippen molar-refractivity contribution in [3.8, 4) is 40.1 Å². The number of aliphatic hydroxyl groups excluding tert-OH is 3. The van der Waals surface area contributed by atoms with Gasteiger partial charge in [-0.05, 0) is 25.1 Å². The summed E-state index contributed by atoms with van der Waals surface area (Å²) in [5.41, 5.74) is -0.406. The van der Waals surface area contributed by atoms with Crippen LogP contribution in [0, 0.1) is 0 Å². The second kappa shape index (κ2) is 9.62. The summed E-state index contributed by atoms with van der Waals surface area (Å²) in [6.07, 6.45) is -7.06. The van der Waals surface area contributed by atoms with Crippen molar-refractivity contribution < 1.29 is 48.5 Å². The summed E-state index contributed by atoms with van der Waals surface area (Å²) in [6, 6.07) is 7.41. The van der Waals surface area contributed by atoms with Crippen LogP contribution in [0.5, 0.6) is 28.7 Å². The van der Waals surface area contributed by atoms with Gasteiger partial charge in [0, 0.05) is 17.7 Å². The molecule has 4 N–H and O–H groups in total. The van der Waals surface area contributed by atoms with E-state index >= 15 is 0 Å². The largest absolute Gasteiger partial charge is 0.507 e. The van der Waals surface area contributed by atoms with E-state index in [9.17, 15) is 25.2 Å². The van der Waals surface area contributed by atoms with Crippen molar-refractivity contribution in [2.45, 2.75) is 37.6 Å². The Morgan fingerprint density at radius 1 is 0.886 bits per heavy atom. The molecule has 0 amide bonds. The summed E-state index contributed by atoms with van der Waals surface area (Å²) < 4.78 is 33.0. The summed E-state index contributed by atoms with van der Waals surface area (Å²) in [4.78, 5) is 13.5. The molecule has 11 nitrogen and oxygen atoms in total. The lowest BCUT2D eigenvalue weighted by Gasteiger charge is -2.38. The van der Waals surface area contributed by atoms with Gasteiger partial charge < -0.3 is 48.5 Å².